The van der Waals surface area contributed by atoms with Gasteiger partial charge in [0.2, 0.25) is 10.0 Å². The second kappa shape index (κ2) is 13.4. The van der Waals surface area contributed by atoms with Crippen molar-refractivity contribution in [3.05, 3.63) is 77.0 Å². The zero-order valence-corrected chi connectivity index (χ0v) is 27.2. The third-order valence-electron chi connectivity index (χ3n) is 8.25. The Morgan fingerprint density at radius 3 is 2.18 bits per heavy atom. The molecule has 0 aliphatic carbocycles. The van der Waals surface area contributed by atoms with Crippen LogP contribution in [0, 0.1) is 19.8 Å². The highest BCUT2D eigenvalue weighted by Crippen LogP contribution is 2.35. The van der Waals surface area contributed by atoms with Gasteiger partial charge in [-0.3, -0.25) is 9.59 Å². The molecule has 236 valence electrons. The Morgan fingerprint density at radius 1 is 1.02 bits per heavy atom. The summed E-state index contributed by atoms with van der Waals surface area (Å²) >= 11 is 0. The first-order valence-electron chi connectivity index (χ1n) is 15.1. The van der Waals surface area contributed by atoms with E-state index in [0.717, 1.165) is 22.3 Å². The van der Waals surface area contributed by atoms with E-state index in [2.05, 4.69) is 9.88 Å². The smallest absolute Gasteiger partial charge is 0.337 e. The van der Waals surface area contributed by atoms with Gasteiger partial charge in [-0.05, 0) is 38.0 Å². The Morgan fingerprint density at radius 2 is 1.66 bits per heavy atom. The molecule has 3 aromatic rings. The summed E-state index contributed by atoms with van der Waals surface area (Å²) in [4.78, 5) is 43.5. The molecule has 1 fully saturated rings. The van der Waals surface area contributed by atoms with E-state index in [1.807, 2.05) is 65.0 Å². The van der Waals surface area contributed by atoms with E-state index < -0.39 is 28.0 Å². The molecule has 4 rings (SSSR count). The molecular weight excluding hydrogens is 580 g/mol. The molecular formula is C33H43N4O6S+. The lowest BCUT2D eigenvalue weighted by Crippen LogP contribution is -2.61. The number of likely N-dealkylation sites (N-methyl/N-ethyl adjacent to an activating group) is 1. The van der Waals surface area contributed by atoms with Gasteiger partial charge in [-0.2, -0.15) is 0 Å². The van der Waals surface area contributed by atoms with Crippen LogP contribution < -0.4 is 4.72 Å². The van der Waals surface area contributed by atoms with Crippen LogP contribution >= 0.6 is 0 Å². The maximum absolute atomic E-state index is 14.6. The number of aromatic nitrogens is 1. The van der Waals surface area contributed by atoms with Gasteiger partial charge >= 0.3 is 5.91 Å². The van der Waals surface area contributed by atoms with Crippen molar-refractivity contribution in [2.24, 2.45) is 5.92 Å². The second-order valence-corrected chi connectivity index (χ2v) is 14.1. The highest BCUT2D eigenvalue weighted by Gasteiger charge is 2.62. The number of amides is 3. The number of carbonyl (C=O) groups is 3. The van der Waals surface area contributed by atoms with E-state index >= 15 is 0 Å². The maximum atomic E-state index is 14.6. The number of rotatable bonds is 13. The molecule has 11 heteroatoms. The number of hydrogen-bond acceptors (Lipinski definition) is 7. The van der Waals surface area contributed by atoms with Gasteiger partial charge in [0, 0.05) is 36.6 Å². The first-order valence-corrected chi connectivity index (χ1v) is 16.7. The van der Waals surface area contributed by atoms with Crippen LogP contribution in [0.15, 0.2) is 59.3 Å². The van der Waals surface area contributed by atoms with Crippen molar-refractivity contribution >= 4 is 27.7 Å². The molecule has 10 nitrogen and oxygen atoms in total. The first-order chi connectivity index (χ1) is 20.8. The average molecular weight is 624 g/mol. The SMILES string of the molecule is CCCCS(=O)(=O)NC(=O)[C@H](C(C)C)[N+]1(C(=O)[C@@H](Cc2ccc(-c3ccno3)cc2)N(C)C(=O)c2cc(C)cc(C)c2)CC1. The van der Waals surface area contributed by atoms with Gasteiger partial charge < -0.3 is 9.42 Å². The van der Waals surface area contributed by atoms with Crippen LogP contribution in [0.4, 0.5) is 0 Å². The number of hydrogen-bond donors (Lipinski definition) is 1. The summed E-state index contributed by atoms with van der Waals surface area (Å²) in [6, 6.07) is 13.0. The Kier molecular flexibility index (Phi) is 10.1. The molecule has 0 bridgehead atoms. The quantitative estimate of drug-likeness (QED) is 0.223. The van der Waals surface area contributed by atoms with Gasteiger partial charge in [0.05, 0.1) is 11.9 Å². The molecule has 1 N–H and O–H groups in total. The van der Waals surface area contributed by atoms with Crippen LogP contribution in [0.25, 0.3) is 11.3 Å². The molecule has 1 aliphatic heterocycles. The van der Waals surface area contributed by atoms with E-state index in [-0.39, 0.29) is 34.4 Å². The van der Waals surface area contributed by atoms with Crippen molar-refractivity contribution in [3.63, 3.8) is 0 Å². The van der Waals surface area contributed by atoms with E-state index in [1.54, 1.807) is 31.4 Å². The van der Waals surface area contributed by atoms with Crippen molar-refractivity contribution in [2.45, 2.75) is 66.0 Å². The minimum absolute atomic E-state index is 0.159. The van der Waals surface area contributed by atoms with Gasteiger partial charge in [0.1, 0.15) is 13.1 Å². The van der Waals surface area contributed by atoms with Gasteiger partial charge in [-0.1, -0.05) is 73.8 Å². The monoisotopic (exact) mass is 623 g/mol. The number of sulfonamides is 1. The van der Waals surface area contributed by atoms with Crippen LogP contribution in [0.2, 0.25) is 0 Å². The van der Waals surface area contributed by atoms with E-state index in [1.165, 1.54) is 4.90 Å². The van der Waals surface area contributed by atoms with Gasteiger partial charge in [-0.15, -0.1) is 0 Å². The molecule has 44 heavy (non-hydrogen) atoms. The van der Waals surface area contributed by atoms with E-state index in [9.17, 15) is 22.8 Å². The maximum Gasteiger partial charge on any atom is 0.337 e. The van der Waals surface area contributed by atoms with Gasteiger partial charge in [0.25, 0.3) is 11.8 Å². The second-order valence-electron chi connectivity index (χ2n) is 12.2. The Labute approximate surface area is 260 Å². The summed E-state index contributed by atoms with van der Waals surface area (Å²) in [5, 5.41) is 3.76. The third-order valence-corrected chi connectivity index (χ3v) is 9.58. The normalized spacial score (nSPS) is 15.4. The molecule has 3 amide bonds. The van der Waals surface area contributed by atoms with E-state index in [0.29, 0.717) is 37.3 Å². The Hall–Kier alpha value is -3.83. The minimum atomic E-state index is -3.84. The van der Waals surface area contributed by atoms with Crippen molar-refractivity contribution < 1.29 is 31.8 Å². The molecule has 0 saturated carbocycles. The summed E-state index contributed by atoms with van der Waals surface area (Å²) in [7, 11) is -2.23. The zero-order chi connectivity index (χ0) is 32.2. The fourth-order valence-electron chi connectivity index (χ4n) is 5.96. The lowest BCUT2D eigenvalue weighted by atomic mass is 9.97. The molecule has 1 saturated heterocycles. The molecule has 1 aliphatic rings. The standard InChI is InChI=1S/C33H42N4O6S/c1-7-8-17-44(41,42)35-31(38)30(22(2)3)37(15-16-37)33(40)28(36(6)32(39)27-19-23(4)18-24(5)20-27)21-25-9-11-26(12-10-25)29-13-14-34-43-29/h9-14,18-20,22,28,30H,7-8,15-17,21H2,1-6H3/p+1/t28-,30+/m1/s1. The molecule has 0 radical (unpaired) electrons. The molecule has 0 unspecified atom stereocenters. The molecule has 2 heterocycles. The number of carbonyl (C=O) groups excluding carboxylic acids is 3. The predicted octanol–water partition coefficient (Wildman–Crippen LogP) is 4.27. The van der Waals surface area contributed by atoms with Crippen molar-refractivity contribution in [1.29, 1.82) is 0 Å². The van der Waals surface area contributed by atoms with Crippen molar-refractivity contribution in [3.8, 4) is 11.3 Å². The molecule has 1 aromatic heterocycles. The van der Waals surface area contributed by atoms with Crippen molar-refractivity contribution in [2.75, 3.05) is 25.9 Å². The summed E-state index contributed by atoms with van der Waals surface area (Å²) in [5.41, 5.74) is 3.98. The Bertz CT molecular complexity index is 1580. The predicted molar refractivity (Wildman–Crippen MR) is 168 cm³/mol. The fourth-order valence-corrected chi connectivity index (χ4v) is 7.16. The number of aryl methyl sites for hydroxylation is 2. The highest BCUT2D eigenvalue weighted by atomic mass is 32.2. The summed E-state index contributed by atoms with van der Waals surface area (Å²) in [6.07, 6.45) is 2.87. The van der Waals surface area contributed by atoms with Gasteiger partial charge in [-0.25, -0.2) is 22.4 Å². The fraction of sp³-hybridized carbons (Fsp3) is 0.455. The highest BCUT2D eigenvalue weighted by molar-refractivity contribution is 7.90. The number of quaternary nitrogens is 1. The number of unbranched alkanes of at least 4 members (excludes halogenated alkanes) is 1. The Balaban J connectivity index is 1.68. The van der Waals surface area contributed by atoms with Crippen molar-refractivity contribution in [1.82, 2.24) is 14.8 Å². The van der Waals surface area contributed by atoms with E-state index in [4.69, 9.17) is 4.52 Å². The number of nitrogens with one attached hydrogen (secondary N) is 1. The molecule has 0 spiro atoms. The topological polar surface area (TPSA) is 127 Å². The molecule has 2 aromatic carbocycles. The van der Waals surface area contributed by atoms with Crippen LogP contribution in [-0.2, 0) is 26.0 Å². The van der Waals surface area contributed by atoms with Crippen LogP contribution in [-0.4, -0.2) is 78.7 Å². The largest absolute Gasteiger partial charge is 0.356 e. The van der Waals surface area contributed by atoms with Crippen LogP contribution in [0.3, 0.4) is 0 Å². The van der Waals surface area contributed by atoms with Crippen LogP contribution in [0.5, 0.6) is 0 Å². The average Bonchev–Trinajstić information content (AvgIpc) is 3.55. The van der Waals surface area contributed by atoms with Crippen LogP contribution in [0.1, 0.15) is 60.7 Å². The zero-order valence-electron chi connectivity index (χ0n) is 26.4. The lowest BCUT2D eigenvalue weighted by molar-refractivity contribution is -0.744. The summed E-state index contributed by atoms with van der Waals surface area (Å²) in [5.74, 6) is -1.15. The summed E-state index contributed by atoms with van der Waals surface area (Å²) in [6.45, 7) is 10.1. The number of nitrogens with zero attached hydrogens (tertiary/aromatic N) is 3. The number of benzene rings is 2. The minimum Gasteiger partial charge on any atom is -0.356 e. The lowest BCUT2D eigenvalue weighted by Gasteiger charge is -2.34. The summed E-state index contributed by atoms with van der Waals surface area (Å²) < 4.78 is 32.6. The van der Waals surface area contributed by atoms with Gasteiger partial charge in [0.15, 0.2) is 17.8 Å². The molecule has 2 atom stereocenters. The first kappa shape index (κ1) is 33.1. The third kappa shape index (κ3) is 7.44.